The molecule has 2 aromatic carbocycles. The Kier molecular flexibility index (Phi) is 10.5. The van der Waals surface area contributed by atoms with E-state index in [2.05, 4.69) is 5.32 Å². The van der Waals surface area contributed by atoms with Crippen LogP contribution in [-0.4, -0.2) is 77.6 Å². The quantitative estimate of drug-likeness (QED) is 0.116. The molecule has 1 fully saturated rings. The number of hydrogen-bond donors (Lipinski definition) is 1. The van der Waals surface area contributed by atoms with Crippen LogP contribution in [0.15, 0.2) is 53.7 Å². The molecule has 14 heteroatoms. The number of carbonyl (C=O) groups is 6. The van der Waals surface area contributed by atoms with Gasteiger partial charge in [-0.2, -0.15) is 0 Å². The molecule has 3 aliphatic heterocycles. The summed E-state index contributed by atoms with van der Waals surface area (Å²) in [5.41, 5.74) is 2.18. The first-order valence-corrected chi connectivity index (χ1v) is 16.2. The van der Waals surface area contributed by atoms with Gasteiger partial charge < -0.3 is 29.0 Å². The van der Waals surface area contributed by atoms with E-state index in [4.69, 9.17) is 23.7 Å². The van der Waals surface area contributed by atoms with Gasteiger partial charge in [0.2, 0.25) is 5.91 Å². The van der Waals surface area contributed by atoms with E-state index < -0.39 is 47.1 Å². The molecular weight excluding hydrogens is 632 g/mol. The van der Waals surface area contributed by atoms with Crippen molar-refractivity contribution in [1.29, 1.82) is 0 Å². The van der Waals surface area contributed by atoms with Crippen LogP contribution < -0.4 is 14.8 Å². The van der Waals surface area contributed by atoms with Gasteiger partial charge in [-0.1, -0.05) is 31.2 Å². The lowest BCUT2D eigenvalue weighted by Crippen LogP contribution is -2.71. The van der Waals surface area contributed by atoms with Crippen molar-refractivity contribution in [2.75, 3.05) is 25.6 Å². The summed E-state index contributed by atoms with van der Waals surface area (Å²) in [6.45, 7) is 4.72. The maximum atomic E-state index is 13.6. The summed E-state index contributed by atoms with van der Waals surface area (Å²) in [5, 5.41) is 2.02. The second-order valence-electron chi connectivity index (χ2n) is 10.8. The molecule has 0 aromatic heterocycles. The van der Waals surface area contributed by atoms with E-state index >= 15 is 0 Å². The zero-order valence-electron chi connectivity index (χ0n) is 26.1. The van der Waals surface area contributed by atoms with Crippen molar-refractivity contribution in [1.82, 2.24) is 10.2 Å². The van der Waals surface area contributed by atoms with Gasteiger partial charge in [0.1, 0.15) is 41.8 Å². The first-order chi connectivity index (χ1) is 22.6. The fourth-order valence-corrected chi connectivity index (χ4v) is 6.62. The van der Waals surface area contributed by atoms with Gasteiger partial charge in [-0.05, 0) is 41.8 Å². The Balaban J connectivity index is 1.31. The standard InChI is InChI=1S/C33H34N2O11S/c1-4-25(37)46-23-9-6-19(7-10-23)15-45-33(41)28-22(16-44-18(3)36)17-47-31-27(30(39)35(28)31)34-29(38)26(32(40)42-5-2)21-8-11-24-20(14-21)12-13-43-24/h6-11,14,26-27,31H,4-5,12-13,15-17H2,1-3H3,(H,34,38). The van der Waals surface area contributed by atoms with E-state index in [1.807, 2.05) is 0 Å². The highest BCUT2D eigenvalue weighted by atomic mass is 32.2. The summed E-state index contributed by atoms with van der Waals surface area (Å²) in [6.07, 6.45) is 0.856. The predicted octanol–water partition coefficient (Wildman–Crippen LogP) is 2.54. The van der Waals surface area contributed by atoms with Crippen molar-refractivity contribution in [2.24, 2.45) is 0 Å². The van der Waals surface area contributed by atoms with Gasteiger partial charge in [-0.3, -0.25) is 28.9 Å². The number of carbonyl (C=O) groups excluding carboxylic acids is 6. The first kappa shape index (κ1) is 33.5. The zero-order chi connectivity index (χ0) is 33.7. The van der Waals surface area contributed by atoms with E-state index in [1.165, 1.54) is 23.6 Å². The van der Waals surface area contributed by atoms with Crippen molar-refractivity contribution in [3.05, 3.63) is 70.4 Å². The molecule has 0 spiro atoms. The largest absolute Gasteiger partial charge is 0.493 e. The number of thioether (sulfide) groups is 1. The van der Waals surface area contributed by atoms with Gasteiger partial charge in [-0.15, -0.1) is 11.8 Å². The smallest absolute Gasteiger partial charge is 0.355 e. The normalized spacial score (nSPS) is 18.5. The highest BCUT2D eigenvalue weighted by Gasteiger charge is 2.55. The minimum Gasteiger partial charge on any atom is -0.493 e. The Morgan fingerprint density at radius 2 is 1.79 bits per heavy atom. The Labute approximate surface area is 274 Å². The van der Waals surface area contributed by atoms with Crippen molar-refractivity contribution < 1.29 is 52.5 Å². The third-order valence-corrected chi connectivity index (χ3v) is 8.97. The molecule has 3 unspecified atom stereocenters. The topological polar surface area (TPSA) is 164 Å². The summed E-state index contributed by atoms with van der Waals surface area (Å²) >= 11 is 1.27. The minimum absolute atomic E-state index is 0.0586. The summed E-state index contributed by atoms with van der Waals surface area (Å²) in [5.74, 6) is -3.91. The maximum Gasteiger partial charge on any atom is 0.355 e. The first-order valence-electron chi connectivity index (χ1n) is 15.1. The van der Waals surface area contributed by atoms with Crippen molar-refractivity contribution >= 4 is 47.5 Å². The summed E-state index contributed by atoms with van der Waals surface area (Å²) in [4.78, 5) is 77.8. The number of nitrogens with one attached hydrogen (secondary N) is 1. The molecule has 3 aliphatic rings. The zero-order valence-corrected chi connectivity index (χ0v) is 26.9. The molecule has 1 saturated heterocycles. The molecule has 3 heterocycles. The molecule has 1 N–H and O–H groups in total. The van der Waals surface area contributed by atoms with E-state index in [0.29, 0.717) is 41.2 Å². The molecule has 0 saturated carbocycles. The van der Waals surface area contributed by atoms with Crippen LogP contribution in [0.3, 0.4) is 0 Å². The second kappa shape index (κ2) is 14.7. The lowest BCUT2D eigenvalue weighted by Gasteiger charge is -2.49. The van der Waals surface area contributed by atoms with E-state index in [9.17, 15) is 28.8 Å². The molecule has 0 radical (unpaired) electrons. The molecule has 5 rings (SSSR count). The van der Waals surface area contributed by atoms with Gasteiger partial charge in [0.25, 0.3) is 5.91 Å². The molecule has 3 atom stereocenters. The van der Waals surface area contributed by atoms with Crippen molar-refractivity contribution in [3.8, 4) is 11.5 Å². The molecule has 0 bridgehead atoms. The van der Waals surface area contributed by atoms with Crippen LogP contribution in [-0.2, 0) is 56.0 Å². The molecular formula is C33H34N2O11S. The number of rotatable bonds is 12. The number of esters is 4. The van der Waals surface area contributed by atoms with E-state index in [1.54, 1.807) is 56.3 Å². The third kappa shape index (κ3) is 7.43. The average Bonchev–Trinajstić information content (AvgIpc) is 3.53. The molecule has 13 nitrogen and oxygen atoms in total. The lowest BCUT2D eigenvalue weighted by atomic mass is 9.94. The Bertz CT molecular complexity index is 1620. The van der Waals surface area contributed by atoms with Crippen molar-refractivity contribution in [2.45, 2.75) is 57.6 Å². The summed E-state index contributed by atoms with van der Waals surface area (Å²) in [6, 6.07) is 10.4. The monoisotopic (exact) mass is 666 g/mol. The van der Waals surface area contributed by atoms with Gasteiger partial charge in [0.15, 0.2) is 5.92 Å². The van der Waals surface area contributed by atoms with Crippen LogP contribution in [0.4, 0.5) is 0 Å². The number of amides is 2. The van der Waals surface area contributed by atoms with Crippen LogP contribution in [0.2, 0.25) is 0 Å². The predicted molar refractivity (Wildman–Crippen MR) is 166 cm³/mol. The number of fused-ring (bicyclic) bond motifs is 2. The summed E-state index contributed by atoms with van der Waals surface area (Å²) < 4.78 is 26.6. The van der Waals surface area contributed by atoms with Gasteiger partial charge in [0, 0.05) is 31.1 Å². The SMILES string of the molecule is CCOC(=O)C(C(=O)NC1C(=O)N2C(C(=O)OCc3ccc(OC(=O)CC)cc3)=C(COC(C)=O)CSC12)c1ccc2c(c1)CCO2. The number of nitrogens with zero attached hydrogens (tertiary/aromatic N) is 1. The molecule has 47 heavy (non-hydrogen) atoms. The Hall–Kier alpha value is -4.85. The molecule has 248 valence electrons. The number of benzene rings is 2. The summed E-state index contributed by atoms with van der Waals surface area (Å²) in [7, 11) is 0. The van der Waals surface area contributed by atoms with Gasteiger partial charge >= 0.3 is 23.9 Å². The van der Waals surface area contributed by atoms with Gasteiger partial charge in [0.05, 0.1) is 13.2 Å². The Morgan fingerprint density at radius 1 is 1.02 bits per heavy atom. The van der Waals surface area contributed by atoms with Gasteiger partial charge in [-0.25, -0.2) is 4.79 Å². The Morgan fingerprint density at radius 3 is 2.49 bits per heavy atom. The van der Waals surface area contributed by atoms with Crippen LogP contribution in [0, 0.1) is 0 Å². The highest BCUT2D eigenvalue weighted by molar-refractivity contribution is 8.00. The molecule has 2 aromatic rings. The van der Waals surface area contributed by atoms with Crippen LogP contribution in [0.25, 0.3) is 0 Å². The average molecular weight is 667 g/mol. The van der Waals surface area contributed by atoms with Crippen LogP contribution >= 0.6 is 11.8 Å². The van der Waals surface area contributed by atoms with Crippen LogP contribution in [0.1, 0.15) is 49.8 Å². The number of ether oxygens (including phenoxy) is 5. The van der Waals surface area contributed by atoms with Crippen LogP contribution in [0.5, 0.6) is 11.5 Å². The van der Waals surface area contributed by atoms with E-state index in [-0.39, 0.29) is 43.7 Å². The second-order valence-corrected chi connectivity index (χ2v) is 11.9. The number of hydrogen-bond acceptors (Lipinski definition) is 12. The fraction of sp³-hybridized carbons (Fsp3) is 0.394. The lowest BCUT2D eigenvalue weighted by molar-refractivity contribution is -0.155. The van der Waals surface area contributed by atoms with E-state index in [0.717, 1.165) is 5.56 Å². The third-order valence-electron chi connectivity index (χ3n) is 7.63. The molecule has 2 amide bonds. The minimum atomic E-state index is -1.33. The number of β-lactam (4-membered cyclic amide) rings is 1. The van der Waals surface area contributed by atoms with Crippen molar-refractivity contribution in [3.63, 3.8) is 0 Å². The fourth-order valence-electron chi connectivity index (χ4n) is 5.29. The maximum absolute atomic E-state index is 13.6. The highest BCUT2D eigenvalue weighted by Crippen LogP contribution is 2.41. The molecule has 0 aliphatic carbocycles.